The molecule has 0 bridgehead atoms. The third-order valence-electron chi connectivity index (χ3n) is 1.64. The minimum Gasteiger partial charge on any atom is -0.456 e. The molecule has 0 aromatic carbocycles. The Morgan fingerprint density at radius 3 is 3.00 bits per heavy atom. The molecule has 0 atom stereocenters. The first kappa shape index (κ1) is 10.8. The maximum atomic E-state index is 11.5. The molecule has 0 saturated carbocycles. The number of carbonyl (C=O) groups is 1. The molecule has 2 aromatic heterocycles. The number of ether oxygens (including phenoxy) is 1. The summed E-state index contributed by atoms with van der Waals surface area (Å²) in [5.74, 6) is -0.386. The van der Waals surface area contributed by atoms with E-state index in [1.165, 1.54) is 11.3 Å². The Morgan fingerprint density at radius 2 is 2.40 bits per heavy atom. The van der Waals surface area contributed by atoms with Crippen LogP contribution in [0.25, 0.3) is 0 Å². The van der Waals surface area contributed by atoms with Crippen LogP contribution in [0, 0.1) is 0 Å². The first-order valence-corrected chi connectivity index (χ1v) is 6.66. The van der Waals surface area contributed by atoms with E-state index < -0.39 is 0 Å². The zero-order chi connectivity index (χ0) is 10.7. The zero-order valence-corrected chi connectivity index (χ0v) is 10.7. The van der Waals surface area contributed by atoms with E-state index in [1.54, 1.807) is 16.7 Å². The Balaban J connectivity index is 1.93. The van der Waals surface area contributed by atoms with E-state index in [0.29, 0.717) is 16.2 Å². The van der Waals surface area contributed by atoms with E-state index in [2.05, 4.69) is 20.9 Å². The lowest BCUT2D eigenvalue weighted by atomic mass is 10.4. The number of carbonyl (C=O) groups excluding carboxylic acids is 1. The van der Waals surface area contributed by atoms with Crippen LogP contribution < -0.4 is 0 Å². The van der Waals surface area contributed by atoms with Crippen molar-refractivity contribution in [2.75, 3.05) is 0 Å². The molecule has 2 rings (SSSR count). The number of halogens is 1. The highest BCUT2D eigenvalue weighted by atomic mass is 79.9. The fraction of sp³-hybridized carbons (Fsp3) is 0.111. The number of rotatable bonds is 3. The van der Waals surface area contributed by atoms with Gasteiger partial charge in [0.05, 0.1) is 0 Å². The largest absolute Gasteiger partial charge is 0.456 e. The number of thiazole rings is 1. The van der Waals surface area contributed by atoms with E-state index in [4.69, 9.17) is 4.74 Å². The molecule has 0 unspecified atom stereocenters. The Morgan fingerprint density at radius 1 is 1.53 bits per heavy atom. The van der Waals surface area contributed by atoms with E-state index in [1.807, 2.05) is 16.8 Å². The normalized spacial score (nSPS) is 10.2. The van der Waals surface area contributed by atoms with Crippen molar-refractivity contribution in [1.29, 1.82) is 0 Å². The minimum absolute atomic E-state index is 0.303. The lowest BCUT2D eigenvalue weighted by molar-refractivity contribution is 0.0467. The molecule has 0 aliphatic carbocycles. The van der Waals surface area contributed by atoms with E-state index >= 15 is 0 Å². The van der Waals surface area contributed by atoms with Gasteiger partial charge in [-0.25, -0.2) is 9.78 Å². The molecule has 2 heterocycles. The first-order chi connectivity index (χ1) is 7.25. The van der Waals surface area contributed by atoms with Crippen LogP contribution in [0.15, 0.2) is 26.1 Å². The summed E-state index contributed by atoms with van der Waals surface area (Å²) in [4.78, 5) is 15.4. The fourth-order valence-corrected chi connectivity index (χ4v) is 2.58. The van der Waals surface area contributed by atoms with Crippen molar-refractivity contribution < 1.29 is 9.53 Å². The van der Waals surface area contributed by atoms with Crippen LogP contribution in [0.4, 0.5) is 0 Å². The average molecular weight is 304 g/mol. The Bertz CT molecular complexity index is 452. The molecule has 0 spiro atoms. The number of thiophene rings is 1. The maximum Gasteiger partial charge on any atom is 0.358 e. The smallest absolute Gasteiger partial charge is 0.358 e. The van der Waals surface area contributed by atoms with Crippen LogP contribution in [0.1, 0.15) is 16.1 Å². The third kappa shape index (κ3) is 2.87. The topological polar surface area (TPSA) is 39.2 Å². The lowest BCUT2D eigenvalue weighted by Crippen LogP contribution is -2.04. The number of esters is 1. The van der Waals surface area contributed by atoms with Crippen molar-refractivity contribution >= 4 is 44.6 Å². The van der Waals surface area contributed by atoms with Gasteiger partial charge in [-0.1, -0.05) is 0 Å². The van der Waals surface area contributed by atoms with Gasteiger partial charge in [-0.3, -0.25) is 0 Å². The number of hydrogen-bond acceptors (Lipinski definition) is 5. The summed E-state index contributed by atoms with van der Waals surface area (Å²) in [5, 5.41) is 5.56. The van der Waals surface area contributed by atoms with Gasteiger partial charge >= 0.3 is 5.97 Å². The standard InChI is InChI=1S/C9H6BrNO2S2/c10-9-11-7(5-15-9)8(12)13-3-6-1-2-14-4-6/h1-2,4-5H,3H2. The second-order valence-electron chi connectivity index (χ2n) is 2.69. The van der Waals surface area contributed by atoms with Crippen molar-refractivity contribution in [2.24, 2.45) is 0 Å². The van der Waals surface area contributed by atoms with Gasteiger partial charge in [-0.05, 0) is 32.8 Å². The quantitative estimate of drug-likeness (QED) is 0.817. The van der Waals surface area contributed by atoms with Gasteiger partial charge in [0.15, 0.2) is 9.61 Å². The Hall–Kier alpha value is -0.720. The Kier molecular flexibility index (Phi) is 3.50. The van der Waals surface area contributed by atoms with Crippen LogP contribution >= 0.6 is 38.6 Å². The molecular weight excluding hydrogens is 298 g/mol. The van der Waals surface area contributed by atoms with Crippen LogP contribution in [0.5, 0.6) is 0 Å². The minimum atomic E-state index is -0.386. The monoisotopic (exact) mass is 303 g/mol. The van der Waals surface area contributed by atoms with Gasteiger partial charge in [0.1, 0.15) is 6.61 Å². The molecule has 15 heavy (non-hydrogen) atoms. The van der Waals surface area contributed by atoms with Crippen LogP contribution in [-0.4, -0.2) is 11.0 Å². The van der Waals surface area contributed by atoms with E-state index in [9.17, 15) is 4.79 Å². The summed E-state index contributed by atoms with van der Waals surface area (Å²) in [6, 6.07) is 1.93. The third-order valence-corrected chi connectivity index (χ3v) is 3.73. The SMILES string of the molecule is O=C(OCc1ccsc1)c1csc(Br)n1. The van der Waals surface area contributed by atoms with Gasteiger partial charge in [0, 0.05) is 10.9 Å². The highest BCUT2D eigenvalue weighted by molar-refractivity contribution is 9.11. The molecule has 0 fully saturated rings. The zero-order valence-electron chi connectivity index (χ0n) is 7.47. The first-order valence-electron chi connectivity index (χ1n) is 4.05. The second kappa shape index (κ2) is 4.87. The van der Waals surface area contributed by atoms with Crippen molar-refractivity contribution in [2.45, 2.75) is 6.61 Å². The molecule has 2 aromatic rings. The average Bonchev–Trinajstić information content (AvgIpc) is 2.84. The highest BCUT2D eigenvalue weighted by Gasteiger charge is 2.11. The molecule has 3 nitrogen and oxygen atoms in total. The summed E-state index contributed by atoms with van der Waals surface area (Å²) in [7, 11) is 0. The van der Waals surface area contributed by atoms with Gasteiger partial charge in [0.2, 0.25) is 0 Å². The summed E-state index contributed by atoms with van der Waals surface area (Å²) >= 11 is 6.13. The molecule has 0 amide bonds. The fourth-order valence-electron chi connectivity index (χ4n) is 0.943. The van der Waals surface area contributed by atoms with E-state index in [0.717, 1.165) is 5.56 Å². The molecule has 0 aliphatic rings. The molecule has 78 valence electrons. The van der Waals surface area contributed by atoms with Gasteiger partial charge < -0.3 is 4.74 Å². The summed E-state index contributed by atoms with van der Waals surface area (Å²) in [6.45, 7) is 0.303. The summed E-state index contributed by atoms with van der Waals surface area (Å²) in [5.41, 5.74) is 1.35. The van der Waals surface area contributed by atoms with E-state index in [-0.39, 0.29) is 5.97 Å². The van der Waals surface area contributed by atoms with Crippen molar-refractivity contribution in [3.8, 4) is 0 Å². The van der Waals surface area contributed by atoms with Crippen molar-refractivity contribution in [1.82, 2.24) is 4.98 Å². The number of nitrogens with zero attached hydrogens (tertiary/aromatic N) is 1. The second-order valence-corrected chi connectivity index (χ2v) is 5.61. The predicted molar refractivity (Wildman–Crippen MR) is 63.3 cm³/mol. The summed E-state index contributed by atoms with van der Waals surface area (Å²) < 4.78 is 5.76. The van der Waals surface area contributed by atoms with Gasteiger partial charge in [0.25, 0.3) is 0 Å². The predicted octanol–water partition coefficient (Wildman–Crippen LogP) is 3.32. The summed E-state index contributed by atoms with van der Waals surface area (Å²) in [6.07, 6.45) is 0. The molecule has 6 heteroatoms. The molecule has 0 aliphatic heterocycles. The van der Waals surface area contributed by atoms with Crippen LogP contribution in [0.3, 0.4) is 0 Å². The lowest BCUT2D eigenvalue weighted by Gasteiger charge is -1.99. The molecule has 0 saturated heterocycles. The molecular formula is C9H6BrNO2S2. The highest BCUT2D eigenvalue weighted by Crippen LogP contribution is 2.17. The molecule has 0 N–H and O–H groups in total. The van der Waals surface area contributed by atoms with Crippen LogP contribution in [0.2, 0.25) is 0 Å². The Labute approximate surface area is 103 Å². The maximum absolute atomic E-state index is 11.5. The van der Waals surface area contributed by atoms with Crippen molar-refractivity contribution in [3.63, 3.8) is 0 Å². The number of aromatic nitrogens is 1. The van der Waals surface area contributed by atoms with Gasteiger partial charge in [-0.15, -0.1) is 11.3 Å². The molecule has 0 radical (unpaired) electrons. The number of hydrogen-bond donors (Lipinski definition) is 0. The van der Waals surface area contributed by atoms with Gasteiger partial charge in [-0.2, -0.15) is 11.3 Å². The van der Waals surface area contributed by atoms with Crippen LogP contribution in [-0.2, 0) is 11.3 Å². The van der Waals surface area contributed by atoms with Crippen molar-refractivity contribution in [3.05, 3.63) is 37.4 Å².